The van der Waals surface area contributed by atoms with E-state index in [1.807, 2.05) is 13.8 Å². The number of cyclic esters (lactones) is 2. The highest BCUT2D eigenvalue weighted by molar-refractivity contribution is 5.91. The van der Waals surface area contributed by atoms with Crippen LogP contribution in [-0.4, -0.2) is 76.7 Å². The van der Waals surface area contributed by atoms with Crippen LogP contribution in [0.15, 0.2) is 0 Å². The lowest BCUT2D eigenvalue weighted by atomic mass is 9.95. The fraction of sp³-hybridized carbons (Fsp3) is 0.750. The minimum Gasteiger partial charge on any atom is -0.466 e. The number of rotatable bonds is 16. The number of aliphatic hydroxyl groups is 2. The average molecular weight is 533 g/mol. The van der Waals surface area contributed by atoms with Crippen LogP contribution in [-0.2, 0) is 52.5 Å². The number of carbonyl (C=O) groups is 6. The highest BCUT2D eigenvalue weighted by Gasteiger charge is 2.54. The lowest BCUT2D eigenvalue weighted by Gasteiger charge is -2.31. The van der Waals surface area contributed by atoms with Crippen molar-refractivity contribution in [1.29, 1.82) is 0 Å². The molecule has 3 atom stereocenters. The number of esters is 5. The van der Waals surface area contributed by atoms with Crippen molar-refractivity contribution in [3.63, 3.8) is 0 Å². The van der Waals surface area contributed by atoms with Crippen LogP contribution in [0.4, 0.5) is 0 Å². The lowest BCUT2D eigenvalue weighted by Crippen LogP contribution is -2.49. The number of aldehydes is 1. The van der Waals surface area contributed by atoms with Crippen molar-refractivity contribution in [1.82, 2.24) is 0 Å². The van der Waals surface area contributed by atoms with Gasteiger partial charge in [0.1, 0.15) is 6.29 Å². The van der Waals surface area contributed by atoms with Crippen LogP contribution in [0.2, 0.25) is 0 Å². The smallest absolute Gasteiger partial charge is 0.423 e. The minimum absolute atomic E-state index is 0.0377. The van der Waals surface area contributed by atoms with E-state index in [0.29, 0.717) is 19.3 Å². The van der Waals surface area contributed by atoms with Gasteiger partial charge in [0.05, 0.1) is 38.9 Å². The SMILES string of the molecule is CCCCOC(=O)CC(O)(CC(=O)OC1(CCC)OC(=O)CC(O)(CC=O)C(=O)O1)C(=O)OCCCC. The molecule has 1 aliphatic rings. The Morgan fingerprint density at radius 3 is 2.14 bits per heavy atom. The second-order valence-corrected chi connectivity index (χ2v) is 8.80. The Morgan fingerprint density at radius 2 is 1.57 bits per heavy atom. The number of hydrogen-bond acceptors (Lipinski definition) is 13. The van der Waals surface area contributed by atoms with E-state index in [9.17, 15) is 39.0 Å². The molecule has 0 amide bonds. The van der Waals surface area contributed by atoms with Gasteiger partial charge >= 0.3 is 35.8 Å². The third kappa shape index (κ3) is 9.73. The van der Waals surface area contributed by atoms with Gasteiger partial charge in [0.15, 0.2) is 11.2 Å². The van der Waals surface area contributed by atoms with Gasteiger partial charge < -0.3 is 38.7 Å². The molecule has 0 aromatic carbocycles. The molecular weight excluding hydrogens is 496 g/mol. The molecule has 1 fully saturated rings. The van der Waals surface area contributed by atoms with E-state index < -0.39 is 72.7 Å². The van der Waals surface area contributed by atoms with Crippen LogP contribution in [0.3, 0.4) is 0 Å². The molecule has 13 nitrogen and oxygen atoms in total. The molecule has 0 saturated carbocycles. The summed E-state index contributed by atoms with van der Waals surface area (Å²) >= 11 is 0. The number of ether oxygens (including phenoxy) is 5. The average Bonchev–Trinajstić information content (AvgIpc) is 2.87. The van der Waals surface area contributed by atoms with Crippen LogP contribution in [0, 0.1) is 0 Å². The van der Waals surface area contributed by atoms with Crippen LogP contribution < -0.4 is 0 Å². The zero-order valence-electron chi connectivity index (χ0n) is 21.4. The van der Waals surface area contributed by atoms with Gasteiger partial charge in [-0.25, -0.2) is 9.59 Å². The van der Waals surface area contributed by atoms with Crippen LogP contribution >= 0.6 is 0 Å². The summed E-state index contributed by atoms with van der Waals surface area (Å²) in [5.41, 5.74) is -5.23. The number of hydrogen-bond donors (Lipinski definition) is 2. The summed E-state index contributed by atoms with van der Waals surface area (Å²) in [4.78, 5) is 73.4. The van der Waals surface area contributed by atoms with Crippen LogP contribution in [0.1, 0.15) is 85.0 Å². The van der Waals surface area contributed by atoms with Gasteiger partial charge in [-0.3, -0.25) is 14.4 Å². The molecule has 13 heteroatoms. The Morgan fingerprint density at radius 1 is 0.973 bits per heavy atom. The summed E-state index contributed by atoms with van der Waals surface area (Å²) in [6.07, 6.45) is -1.42. The van der Waals surface area contributed by atoms with E-state index in [1.165, 1.54) is 0 Å². The second kappa shape index (κ2) is 14.6. The maximum absolute atomic E-state index is 12.9. The zero-order chi connectivity index (χ0) is 28.1. The topological polar surface area (TPSA) is 189 Å². The van der Waals surface area contributed by atoms with Gasteiger partial charge in [-0.05, 0) is 19.3 Å². The van der Waals surface area contributed by atoms with E-state index in [-0.39, 0.29) is 32.3 Å². The van der Waals surface area contributed by atoms with Gasteiger partial charge in [-0.15, -0.1) is 0 Å². The summed E-state index contributed by atoms with van der Waals surface area (Å²) in [6.45, 7) is 5.23. The van der Waals surface area contributed by atoms with Gasteiger partial charge in [0.25, 0.3) is 0 Å². The molecule has 0 bridgehead atoms. The minimum atomic E-state index is -2.70. The number of carbonyl (C=O) groups excluding carboxylic acids is 6. The summed E-state index contributed by atoms with van der Waals surface area (Å²) in [5, 5.41) is 21.3. The maximum atomic E-state index is 12.9. The molecule has 210 valence electrons. The van der Waals surface area contributed by atoms with E-state index >= 15 is 0 Å². The molecule has 1 saturated heterocycles. The first-order chi connectivity index (χ1) is 17.4. The van der Waals surface area contributed by atoms with Crippen LogP contribution in [0.5, 0.6) is 0 Å². The van der Waals surface area contributed by atoms with Gasteiger partial charge in [-0.2, -0.15) is 0 Å². The zero-order valence-corrected chi connectivity index (χ0v) is 21.4. The normalized spacial score (nSPS) is 23.1. The molecule has 1 aliphatic heterocycles. The van der Waals surface area contributed by atoms with E-state index in [2.05, 4.69) is 0 Å². The largest absolute Gasteiger partial charge is 0.466 e. The van der Waals surface area contributed by atoms with E-state index in [4.69, 9.17) is 23.7 Å². The molecule has 1 heterocycles. The highest BCUT2D eigenvalue weighted by atomic mass is 16.9. The van der Waals surface area contributed by atoms with E-state index in [0.717, 1.165) is 6.42 Å². The Hall–Kier alpha value is -3.06. The first-order valence-electron chi connectivity index (χ1n) is 12.3. The van der Waals surface area contributed by atoms with Crippen molar-refractivity contribution < 1.29 is 62.7 Å². The molecule has 2 N–H and O–H groups in total. The molecule has 0 aromatic heterocycles. The molecule has 3 unspecified atom stereocenters. The van der Waals surface area contributed by atoms with Gasteiger partial charge in [0.2, 0.25) is 0 Å². The number of unbranched alkanes of at least 4 members (excludes halogenated alkanes) is 2. The Labute approximate surface area is 214 Å². The molecular formula is C24H36O13. The van der Waals surface area contributed by atoms with Crippen LogP contribution in [0.25, 0.3) is 0 Å². The summed E-state index contributed by atoms with van der Waals surface area (Å²) in [7, 11) is 0. The van der Waals surface area contributed by atoms with Crippen molar-refractivity contribution in [2.24, 2.45) is 0 Å². The molecule has 1 rings (SSSR count). The Bertz CT molecular complexity index is 840. The quantitative estimate of drug-likeness (QED) is 0.124. The highest BCUT2D eigenvalue weighted by Crippen LogP contribution is 2.33. The molecule has 0 aliphatic carbocycles. The predicted octanol–water partition coefficient (Wildman–Crippen LogP) is 0.992. The standard InChI is InChI=1S/C24H36O13/c1-4-7-12-33-17(26)14-23(32,20(29)34-13-8-5-2)16-19(28)36-24(9-6-3)35-18(27)15-22(31,10-11-25)21(30)37-24/h11,31-32H,4-10,12-16H2,1-3H3. The summed E-state index contributed by atoms with van der Waals surface area (Å²) in [6, 6.07) is 0. The monoisotopic (exact) mass is 532 g/mol. The van der Waals surface area contributed by atoms with Crippen molar-refractivity contribution in [2.75, 3.05) is 13.2 Å². The first kappa shape index (κ1) is 32.0. The third-order valence-corrected chi connectivity index (χ3v) is 5.33. The van der Waals surface area contributed by atoms with Gasteiger partial charge in [0, 0.05) is 6.42 Å². The summed E-state index contributed by atoms with van der Waals surface area (Å²) in [5.74, 6) is -8.91. The Balaban J connectivity index is 3.15. The molecule has 0 aromatic rings. The maximum Gasteiger partial charge on any atom is 0.423 e. The molecule has 0 radical (unpaired) electrons. The molecule has 0 spiro atoms. The lowest BCUT2D eigenvalue weighted by molar-refractivity contribution is -0.331. The van der Waals surface area contributed by atoms with Crippen molar-refractivity contribution in [3.05, 3.63) is 0 Å². The molecule has 37 heavy (non-hydrogen) atoms. The Kier molecular flexibility index (Phi) is 12.6. The second-order valence-electron chi connectivity index (χ2n) is 8.80. The van der Waals surface area contributed by atoms with Gasteiger partial charge in [-0.1, -0.05) is 33.6 Å². The van der Waals surface area contributed by atoms with E-state index in [1.54, 1.807) is 6.92 Å². The fourth-order valence-corrected chi connectivity index (χ4v) is 3.29. The van der Waals surface area contributed by atoms with Crippen molar-refractivity contribution >= 4 is 36.1 Å². The van der Waals surface area contributed by atoms with Crippen molar-refractivity contribution in [2.45, 2.75) is 102 Å². The predicted molar refractivity (Wildman–Crippen MR) is 122 cm³/mol. The first-order valence-corrected chi connectivity index (χ1v) is 12.3. The fourth-order valence-electron chi connectivity index (χ4n) is 3.29. The third-order valence-electron chi connectivity index (χ3n) is 5.33. The summed E-state index contributed by atoms with van der Waals surface area (Å²) < 4.78 is 25.2. The van der Waals surface area contributed by atoms with Crippen molar-refractivity contribution in [3.8, 4) is 0 Å².